The smallest absolute Gasteiger partial charge is 0.410 e. The highest BCUT2D eigenvalue weighted by Gasteiger charge is 2.40. The van der Waals surface area contributed by atoms with Crippen LogP contribution in [0.4, 0.5) is 28.8 Å². The SMILES string of the molecule is CC(C)(C)OC(=O)N1CCCc2c(cnn2C2=CC(=O)NS2=O)C1.CC(C)(C)OC(=O)N1CCc2c(cnn2C2=CC(=O)NS2=O)C1.CC(C)(C)OC(=O)N1CCc2cn(C3=CC(=O)NS3=O)nc2CC1.CC(C)(C)OC(=O)N1CCc2nn(C3=CC(=O)NS3=O)cc2C1.CC(C)(C)OC(=O)N1Cc2cn(C3=CC(=O)NS3=O)nc2C1.CC(C)(C)OC(=O)N1Cc2cnn(C3=CC(=O)NS3=O)c2C1. The van der Waals surface area contributed by atoms with E-state index in [4.69, 9.17) is 28.4 Å². The van der Waals surface area contributed by atoms with Crippen molar-refractivity contribution in [3.63, 3.8) is 0 Å². The van der Waals surface area contributed by atoms with Crippen molar-refractivity contribution in [3.8, 4) is 0 Å². The van der Waals surface area contributed by atoms with E-state index in [1.807, 2.05) is 104 Å². The van der Waals surface area contributed by atoms with E-state index in [2.05, 4.69) is 58.9 Å². The molecule has 0 aliphatic carbocycles. The minimum absolute atomic E-state index is 0.275. The van der Waals surface area contributed by atoms with Crippen LogP contribution in [-0.4, -0.2) is 252 Å². The summed E-state index contributed by atoms with van der Waals surface area (Å²) in [6.07, 6.45) is 19.2. The Hall–Kier alpha value is -13.0. The number of nitrogens with zero attached hydrogens (tertiary/aromatic N) is 18. The highest BCUT2D eigenvalue weighted by Crippen LogP contribution is 2.34. The van der Waals surface area contributed by atoms with Crippen LogP contribution in [0.1, 0.15) is 199 Å². The van der Waals surface area contributed by atoms with Gasteiger partial charge in [0.05, 0.1) is 98.6 Å². The lowest BCUT2D eigenvalue weighted by molar-refractivity contribution is -0.115. The van der Waals surface area contributed by atoms with Gasteiger partial charge in [0.2, 0.25) is 0 Å². The fourth-order valence-corrected chi connectivity index (χ4v) is 19.7. The van der Waals surface area contributed by atoms with Crippen molar-refractivity contribution in [2.24, 2.45) is 0 Å². The lowest BCUT2D eigenvalue weighted by Crippen LogP contribution is -2.40. The molecule has 18 rings (SSSR count). The Morgan fingerprint density at radius 1 is 0.275 bits per heavy atom. The largest absolute Gasteiger partial charge is 0.444 e. The molecular formula is C84H108N24O24S6. The molecule has 6 aromatic heterocycles. The molecule has 12 aliphatic heterocycles. The minimum atomic E-state index is -1.62. The summed E-state index contributed by atoms with van der Waals surface area (Å²) in [5, 5.41) is 27.6. The van der Waals surface area contributed by atoms with Gasteiger partial charge in [0.25, 0.3) is 35.4 Å². The second-order valence-corrected chi connectivity index (χ2v) is 45.4. The second-order valence-electron chi connectivity index (χ2n) is 38.5. The molecule has 0 saturated heterocycles. The van der Waals surface area contributed by atoms with Gasteiger partial charge in [-0.1, -0.05) is 0 Å². The number of amides is 12. The number of nitrogens with one attached hydrogen (secondary N) is 6. The van der Waals surface area contributed by atoms with Gasteiger partial charge < -0.3 is 48.0 Å². The Balaban J connectivity index is 0.000000140. The Kier molecular flexibility index (Phi) is 30.1. The maximum absolute atomic E-state index is 12.3. The predicted octanol–water partition coefficient (Wildman–Crippen LogP) is 4.96. The second kappa shape index (κ2) is 40.6. The number of carbonyl (C=O) groups excluding carboxylic acids is 12. The first-order chi connectivity index (χ1) is 64.4. The van der Waals surface area contributed by atoms with Gasteiger partial charge in [0.15, 0.2) is 96.1 Å². The van der Waals surface area contributed by atoms with Crippen molar-refractivity contribution in [1.82, 2.24) is 116 Å². The van der Waals surface area contributed by atoms with Gasteiger partial charge in [-0.2, -0.15) is 30.6 Å². The predicted molar refractivity (Wildman–Crippen MR) is 499 cm³/mol. The molecule has 6 aromatic rings. The van der Waals surface area contributed by atoms with E-state index in [9.17, 15) is 82.8 Å². The topological polar surface area (TPSA) is 561 Å². The fraction of sp³-hybridized carbons (Fsp3) is 0.500. The van der Waals surface area contributed by atoms with Gasteiger partial charge in [-0.15, -0.1) is 0 Å². The number of hydrogen-bond donors (Lipinski definition) is 6. The zero-order valence-corrected chi connectivity index (χ0v) is 83.9. The zero-order chi connectivity index (χ0) is 101. The van der Waals surface area contributed by atoms with Gasteiger partial charge in [-0.3, -0.25) is 66.9 Å². The summed E-state index contributed by atoms with van der Waals surface area (Å²) >= 11 is 0. The molecule has 6 unspecified atom stereocenters. The van der Waals surface area contributed by atoms with Crippen LogP contribution in [0.3, 0.4) is 0 Å². The lowest BCUT2D eigenvalue weighted by Gasteiger charge is -2.30. The molecule has 0 aromatic carbocycles. The normalized spacial score (nSPS) is 20.8. The van der Waals surface area contributed by atoms with Crippen LogP contribution in [0.15, 0.2) is 73.6 Å². The van der Waals surface area contributed by atoms with Crippen LogP contribution in [0.25, 0.3) is 30.2 Å². The minimum Gasteiger partial charge on any atom is -0.444 e. The number of ether oxygens (including phenoxy) is 6. The Bertz CT molecular complexity index is 6240. The summed E-state index contributed by atoms with van der Waals surface area (Å²) in [5.41, 5.74) is 6.87. The summed E-state index contributed by atoms with van der Waals surface area (Å²) in [4.78, 5) is 150. The Labute approximate surface area is 807 Å². The molecule has 138 heavy (non-hydrogen) atoms. The van der Waals surface area contributed by atoms with Crippen molar-refractivity contribution in [2.45, 2.75) is 243 Å². The van der Waals surface area contributed by atoms with E-state index in [1.54, 1.807) is 92.0 Å². The van der Waals surface area contributed by atoms with Crippen LogP contribution in [0.5, 0.6) is 0 Å². The van der Waals surface area contributed by atoms with Crippen molar-refractivity contribution < 1.29 is 111 Å². The highest BCUT2D eigenvalue weighted by atomic mass is 32.2. The van der Waals surface area contributed by atoms with Crippen LogP contribution in [-0.2, 0) is 201 Å². The van der Waals surface area contributed by atoms with E-state index in [1.165, 1.54) is 59.9 Å². The number of rotatable bonds is 6. The molecule has 6 N–H and O–H groups in total. The van der Waals surface area contributed by atoms with E-state index < -0.39 is 141 Å². The molecule has 0 saturated carbocycles. The standard InChI is InChI=1S/2C15H20N4O4S.2C14H18N4O4S.2C13H16N4O4S/c1-15(2,3)23-14(21)18-6-4-10-9-19(16-11(10)5-7-18)13-8-12(20)17-24(13)22;1-15(2,3)23-14(21)18-6-4-5-11-10(9-18)8-16-19(11)13-7-12(20)17-24(13)22;1-14(2,3)22-13(20)17-5-4-10-9(7-17)8-18(15-10)12-6-11(19)16-23(12)21;1-14(2,3)22-13(20)17-5-4-10-9(8-17)7-15-18(10)12-6-11(19)16-23(12)21;1-13(2,3)21-12(19)16-5-8-6-17(14-9(8)7-16)11-4-10(18)15-22(11)20;1-13(2,3)21-12(19)16-6-8-5-14-17(9(8)7-16)11-4-10(18)15-22(11)20/h8-9H,4-7H2,1-3H3,(H,17,20);7-8H,4-6,9H2,1-3H3,(H,17,20);6,8H,4-5,7H2,1-3H3,(H,16,19);6-7H,4-5,8H2,1-3H3,(H,16,19);4,6H,5,7H2,1-3H3,(H,15,18);4-5H,6-7H2,1-3H3,(H,15,18). The molecule has 54 heteroatoms. The molecule has 0 bridgehead atoms. The van der Waals surface area contributed by atoms with Crippen molar-refractivity contribution in [3.05, 3.63) is 141 Å². The van der Waals surface area contributed by atoms with Gasteiger partial charge in [-0.05, 0) is 149 Å². The van der Waals surface area contributed by atoms with Gasteiger partial charge in [0.1, 0.15) is 33.6 Å². The monoisotopic (exact) mass is 2030 g/mol. The molecule has 18 heterocycles. The summed E-state index contributed by atoms with van der Waals surface area (Å²) in [7, 11) is -9.57. The fourth-order valence-electron chi connectivity index (χ4n) is 14.6. The van der Waals surface area contributed by atoms with Gasteiger partial charge in [0, 0.05) is 135 Å². The summed E-state index contributed by atoms with van der Waals surface area (Å²) in [6.45, 7) is 38.0. The van der Waals surface area contributed by atoms with E-state index in [-0.39, 0.29) is 35.3 Å². The molecule has 12 amide bonds. The van der Waals surface area contributed by atoms with E-state index >= 15 is 0 Å². The third-order valence-electron chi connectivity index (χ3n) is 20.4. The Morgan fingerprint density at radius 3 is 0.884 bits per heavy atom. The van der Waals surface area contributed by atoms with Gasteiger partial charge in [-0.25, -0.2) is 82.1 Å². The number of fused-ring (bicyclic) bond motifs is 6. The number of hydrogen-bond acceptors (Lipinski definition) is 30. The van der Waals surface area contributed by atoms with Gasteiger partial charge >= 0.3 is 36.6 Å². The molecule has 48 nitrogen and oxygen atoms in total. The van der Waals surface area contributed by atoms with Crippen LogP contribution in [0.2, 0.25) is 0 Å². The summed E-state index contributed by atoms with van der Waals surface area (Å²) < 4.78 is 126. The maximum atomic E-state index is 12.3. The molecule has 12 aliphatic rings. The molecule has 0 fully saturated rings. The van der Waals surface area contributed by atoms with Crippen molar-refractivity contribution >= 4 is 168 Å². The van der Waals surface area contributed by atoms with Crippen LogP contribution >= 0.6 is 0 Å². The first-order valence-electron chi connectivity index (χ1n) is 43.4. The maximum Gasteiger partial charge on any atom is 0.410 e. The average molecular weight is 2030 g/mol. The summed E-state index contributed by atoms with van der Waals surface area (Å²) in [6, 6.07) is 0. The highest BCUT2D eigenvalue weighted by molar-refractivity contribution is 7.95. The van der Waals surface area contributed by atoms with Crippen molar-refractivity contribution in [2.75, 3.05) is 32.7 Å². The number of carbonyl (C=O) groups is 12. The Morgan fingerprint density at radius 2 is 0.529 bits per heavy atom. The number of aromatic nitrogens is 12. The molecule has 744 valence electrons. The summed E-state index contributed by atoms with van der Waals surface area (Å²) in [5.74, 6) is -2.39. The zero-order valence-electron chi connectivity index (χ0n) is 79.0. The quantitative estimate of drug-likeness (QED) is 0.120. The average Bonchev–Trinajstić information content (AvgIpc) is 1.62. The van der Waals surface area contributed by atoms with E-state index in [0.717, 1.165) is 68.3 Å². The molecule has 0 spiro atoms. The first-order valence-corrected chi connectivity index (χ1v) is 50.3. The van der Waals surface area contributed by atoms with Crippen LogP contribution < -0.4 is 28.3 Å². The third kappa shape index (κ3) is 25.9. The third-order valence-corrected chi connectivity index (χ3v) is 26.8. The lowest BCUT2D eigenvalue weighted by atomic mass is 10.1. The van der Waals surface area contributed by atoms with Crippen molar-refractivity contribution in [1.29, 1.82) is 0 Å². The molecular weight excluding hydrogens is 1920 g/mol. The van der Waals surface area contributed by atoms with E-state index in [0.29, 0.717) is 141 Å². The molecule has 6 atom stereocenters. The van der Waals surface area contributed by atoms with Crippen LogP contribution in [0, 0.1) is 0 Å². The first kappa shape index (κ1) is 102. The molecule has 0 radical (unpaired) electrons.